The molecule has 1 aromatic heterocycles. The fourth-order valence-corrected chi connectivity index (χ4v) is 2.06. The molecule has 6 nitrogen and oxygen atoms in total. The molecule has 0 aromatic carbocycles. The SMILES string of the molecule is O=C(NCCC(=O)N1CCCC1)c1ccc(=O)[nH]c1. The van der Waals surface area contributed by atoms with E-state index < -0.39 is 0 Å². The number of hydrogen-bond acceptors (Lipinski definition) is 3. The highest BCUT2D eigenvalue weighted by Crippen LogP contribution is 2.08. The van der Waals surface area contributed by atoms with Crippen molar-refractivity contribution >= 4 is 11.8 Å². The molecule has 1 saturated heterocycles. The van der Waals surface area contributed by atoms with Crippen LogP contribution in [0.3, 0.4) is 0 Å². The number of aromatic nitrogens is 1. The van der Waals surface area contributed by atoms with E-state index in [2.05, 4.69) is 10.3 Å². The number of rotatable bonds is 4. The average Bonchev–Trinajstić information content (AvgIpc) is 2.93. The third-order valence-corrected chi connectivity index (χ3v) is 3.13. The van der Waals surface area contributed by atoms with Crippen molar-refractivity contribution in [2.24, 2.45) is 0 Å². The van der Waals surface area contributed by atoms with Crippen molar-refractivity contribution in [2.75, 3.05) is 19.6 Å². The van der Waals surface area contributed by atoms with E-state index in [1.54, 1.807) is 0 Å². The molecule has 1 fully saturated rings. The smallest absolute Gasteiger partial charge is 0.252 e. The van der Waals surface area contributed by atoms with Crippen molar-refractivity contribution in [1.82, 2.24) is 15.2 Å². The van der Waals surface area contributed by atoms with E-state index in [1.165, 1.54) is 18.3 Å². The summed E-state index contributed by atoms with van der Waals surface area (Å²) in [5.74, 6) is -0.204. The number of H-pyrrole nitrogens is 1. The van der Waals surface area contributed by atoms with Crippen LogP contribution in [0.2, 0.25) is 0 Å². The monoisotopic (exact) mass is 263 g/mol. The Hall–Kier alpha value is -2.11. The van der Waals surface area contributed by atoms with Crippen molar-refractivity contribution in [1.29, 1.82) is 0 Å². The van der Waals surface area contributed by atoms with Gasteiger partial charge in [0.15, 0.2) is 0 Å². The molecule has 0 spiro atoms. The van der Waals surface area contributed by atoms with Crippen LogP contribution in [0.15, 0.2) is 23.1 Å². The van der Waals surface area contributed by atoms with E-state index in [9.17, 15) is 14.4 Å². The summed E-state index contributed by atoms with van der Waals surface area (Å²) in [5, 5.41) is 2.66. The largest absolute Gasteiger partial charge is 0.351 e. The molecule has 2 heterocycles. The highest BCUT2D eigenvalue weighted by molar-refractivity contribution is 5.94. The van der Waals surface area contributed by atoms with Gasteiger partial charge < -0.3 is 15.2 Å². The molecule has 0 radical (unpaired) electrons. The van der Waals surface area contributed by atoms with E-state index in [0.717, 1.165) is 25.9 Å². The minimum atomic E-state index is -0.287. The van der Waals surface area contributed by atoms with E-state index >= 15 is 0 Å². The summed E-state index contributed by atoms with van der Waals surface area (Å²) in [7, 11) is 0. The lowest BCUT2D eigenvalue weighted by Gasteiger charge is -2.15. The van der Waals surface area contributed by atoms with Crippen LogP contribution in [-0.4, -0.2) is 41.3 Å². The highest BCUT2D eigenvalue weighted by atomic mass is 16.2. The number of pyridine rings is 1. The molecule has 1 aliphatic rings. The van der Waals surface area contributed by atoms with Gasteiger partial charge in [0.25, 0.3) is 5.91 Å². The second-order valence-electron chi connectivity index (χ2n) is 4.54. The second kappa shape index (κ2) is 6.17. The fourth-order valence-electron chi connectivity index (χ4n) is 2.06. The van der Waals surface area contributed by atoms with Gasteiger partial charge in [0.1, 0.15) is 0 Å². The van der Waals surface area contributed by atoms with Crippen LogP contribution < -0.4 is 10.9 Å². The predicted molar refractivity (Wildman–Crippen MR) is 69.8 cm³/mol. The van der Waals surface area contributed by atoms with Crippen LogP contribution >= 0.6 is 0 Å². The molecule has 19 heavy (non-hydrogen) atoms. The molecule has 0 aliphatic carbocycles. The highest BCUT2D eigenvalue weighted by Gasteiger charge is 2.17. The van der Waals surface area contributed by atoms with Crippen molar-refractivity contribution in [3.63, 3.8) is 0 Å². The van der Waals surface area contributed by atoms with Crippen LogP contribution in [0.25, 0.3) is 0 Å². The summed E-state index contributed by atoms with van der Waals surface area (Å²) >= 11 is 0. The Bertz CT molecular complexity index is 498. The Balaban J connectivity index is 1.76. The van der Waals surface area contributed by atoms with E-state index in [4.69, 9.17) is 0 Å². The zero-order valence-corrected chi connectivity index (χ0v) is 10.6. The molecule has 0 atom stereocenters. The van der Waals surface area contributed by atoms with Gasteiger partial charge >= 0.3 is 0 Å². The van der Waals surface area contributed by atoms with Crippen molar-refractivity contribution in [3.8, 4) is 0 Å². The molecule has 102 valence electrons. The molecule has 2 amide bonds. The molecule has 6 heteroatoms. The van der Waals surface area contributed by atoms with Gasteiger partial charge in [-0.25, -0.2) is 0 Å². The van der Waals surface area contributed by atoms with Crippen LogP contribution in [0, 0.1) is 0 Å². The van der Waals surface area contributed by atoms with Gasteiger partial charge in [-0.1, -0.05) is 0 Å². The summed E-state index contributed by atoms with van der Waals surface area (Å²) in [6, 6.07) is 2.75. The fraction of sp³-hybridized carbons (Fsp3) is 0.462. The van der Waals surface area contributed by atoms with E-state index in [0.29, 0.717) is 18.5 Å². The first-order valence-electron chi connectivity index (χ1n) is 6.41. The summed E-state index contributed by atoms with van der Waals surface area (Å²) in [6.07, 6.45) is 3.81. The maximum absolute atomic E-state index is 11.7. The lowest BCUT2D eigenvalue weighted by Crippen LogP contribution is -2.32. The van der Waals surface area contributed by atoms with Crippen LogP contribution in [-0.2, 0) is 4.79 Å². The Morgan fingerprint density at radius 3 is 2.63 bits per heavy atom. The van der Waals surface area contributed by atoms with Crippen molar-refractivity contribution in [3.05, 3.63) is 34.2 Å². The summed E-state index contributed by atoms with van der Waals surface area (Å²) < 4.78 is 0. The minimum Gasteiger partial charge on any atom is -0.351 e. The number of hydrogen-bond donors (Lipinski definition) is 2. The van der Waals surface area contributed by atoms with Gasteiger partial charge in [0, 0.05) is 38.3 Å². The number of amides is 2. The average molecular weight is 263 g/mol. The number of aromatic amines is 1. The molecular formula is C13H17N3O3. The first-order valence-corrected chi connectivity index (χ1v) is 6.41. The molecule has 0 unspecified atom stereocenters. The number of nitrogens with zero attached hydrogens (tertiary/aromatic N) is 1. The maximum atomic E-state index is 11.7. The molecule has 2 rings (SSSR count). The second-order valence-corrected chi connectivity index (χ2v) is 4.54. The lowest BCUT2D eigenvalue weighted by atomic mass is 10.2. The van der Waals surface area contributed by atoms with Gasteiger partial charge in [-0.15, -0.1) is 0 Å². The van der Waals surface area contributed by atoms with Crippen LogP contribution in [0.5, 0.6) is 0 Å². The van der Waals surface area contributed by atoms with Crippen molar-refractivity contribution < 1.29 is 9.59 Å². The van der Waals surface area contributed by atoms with E-state index in [1.807, 2.05) is 4.90 Å². The molecule has 1 aromatic rings. The standard InChI is InChI=1S/C13H17N3O3/c17-11-4-3-10(9-15-11)13(19)14-6-5-12(18)16-7-1-2-8-16/h3-4,9H,1-2,5-8H2,(H,14,19)(H,15,17). The van der Waals surface area contributed by atoms with Gasteiger partial charge in [-0.3, -0.25) is 14.4 Å². The number of nitrogens with one attached hydrogen (secondary N) is 2. The first-order chi connectivity index (χ1) is 9.16. The quantitative estimate of drug-likeness (QED) is 0.809. The molecular weight excluding hydrogens is 246 g/mol. The third kappa shape index (κ3) is 3.67. The lowest BCUT2D eigenvalue weighted by molar-refractivity contribution is -0.129. The van der Waals surface area contributed by atoms with Gasteiger partial charge in [-0.2, -0.15) is 0 Å². The zero-order valence-electron chi connectivity index (χ0n) is 10.6. The van der Waals surface area contributed by atoms with Gasteiger partial charge in [-0.05, 0) is 18.9 Å². The number of likely N-dealkylation sites (tertiary alicyclic amines) is 1. The third-order valence-electron chi connectivity index (χ3n) is 3.13. The maximum Gasteiger partial charge on any atom is 0.252 e. The van der Waals surface area contributed by atoms with Crippen molar-refractivity contribution in [2.45, 2.75) is 19.3 Å². The Labute approximate surface area is 110 Å². The van der Waals surface area contributed by atoms with Gasteiger partial charge in [0.05, 0.1) is 5.56 Å². The Kier molecular flexibility index (Phi) is 4.33. The van der Waals surface area contributed by atoms with Gasteiger partial charge in [0.2, 0.25) is 11.5 Å². The summed E-state index contributed by atoms with van der Waals surface area (Å²) in [6.45, 7) is 1.96. The summed E-state index contributed by atoms with van der Waals surface area (Å²) in [5.41, 5.74) is 0.133. The minimum absolute atomic E-state index is 0.0827. The Morgan fingerprint density at radius 2 is 2.00 bits per heavy atom. The zero-order chi connectivity index (χ0) is 13.7. The molecule has 2 N–H and O–H groups in total. The topological polar surface area (TPSA) is 82.3 Å². The molecule has 0 saturated carbocycles. The van der Waals surface area contributed by atoms with E-state index in [-0.39, 0.29) is 17.4 Å². The summed E-state index contributed by atoms with van der Waals surface area (Å²) in [4.78, 5) is 38.6. The molecule has 1 aliphatic heterocycles. The van der Waals surface area contributed by atoms with Crippen LogP contribution in [0.1, 0.15) is 29.6 Å². The first kappa shape index (κ1) is 13.3. The number of carbonyl (C=O) groups excluding carboxylic acids is 2. The normalized spacial score (nSPS) is 14.4. The predicted octanol–water partition coefficient (Wildman–Crippen LogP) is 0.117. The molecule has 0 bridgehead atoms. The van der Waals surface area contributed by atoms with Crippen LogP contribution in [0.4, 0.5) is 0 Å². The Morgan fingerprint density at radius 1 is 1.26 bits per heavy atom. The number of carbonyl (C=O) groups is 2.